The number of fused-ring (bicyclic) bond motifs is 1. The molecule has 2 aliphatic rings. The summed E-state index contributed by atoms with van der Waals surface area (Å²) in [5.74, 6) is -0.499. The number of rotatable bonds is 5. The Morgan fingerprint density at radius 3 is 2.73 bits per heavy atom. The van der Waals surface area contributed by atoms with E-state index in [0.717, 1.165) is 12.8 Å². The highest BCUT2D eigenvalue weighted by Crippen LogP contribution is 2.21. The third-order valence-corrected chi connectivity index (χ3v) is 7.61. The van der Waals surface area contributed by atoms with Crippen LogP contribution < -0.4 is 10.7 Å². The standard InChI is InChI=1S/C20H26N4O5S/c1-23-6-8-24(9-7-23)30(27,28)15-4-5-18-16(11-15)19(25)17(13-21-18)20(26)22-12-14-3-2-10-29-14/h4-5,11,13-14H,2-3,6-10,12H2,1H3,(H,21,25)(H,22,26). The third-order valence-electron chi connectivity index (χ3n) is 5.71. The van der Waals surface area contributed by atoms with E-state index < -0.39 is 21.4 Å². The van der Waals surface area contributed by atoms with Crippen molar-refractivity contribution in [2.75, 3.05) is 46.4 Å². The van der Waals surface area contributed by atoms with Gasteiger partial charge in [0.15, 0.2) is 0 Å². The van der Waals surface area contributed by atoms with Gasteiger partial charge in [0.1, 0.15) is 5.56 Å². The quantitative estimate of drug-likeness (QED) is 0.704. The summed E-state index contributed by atoms with van der Waals surface area (Å²) in [5.41, 5.74) is -0.0633. The zero-order valence-electron chi connectivity index (χ0n) is 16.9. The van der Waals surface area contributed by atoms with Crippen LogP contribution in [0.2, 0.25) is 0 Å². The number of aromatic amines is 1. The lowest BCUT2D eigenvalue weighted by Crippen LogP contribution is -2.47. The molecule has 0 radical (unpaired) electrons. The van der Waals surface area contributed by atoms with Crippen LogP contribution in [0.4, 0.5) is 0 Å². The molecule has 1 unspecified atom stereocenters. The number of H-pyrrole nitrogens is 1. The summed E-state index contributed by atoms with van der Waals surface area (Å²) < 4.78 is 33.0. The maximum atomic E-state index is 13.0. The fourth-order valence-corrected chi connectivity index (χ4v) is 5.26. The zero-order valence-corrected chi connectivity index (χ0v) is 17.7. The van der Waals surface area contributed by atoms with Crippen molar-refractivity contribution >= 4 is 26.8 Å². The molecular weight excluding hydrogens is 408 g/mol. The van der Waals surface area contributed by atoms with Crippen LogP contribution in [-0.4, -0.2) is 81.0 Å². The maximum Gasteiger partial charge on any atom is 0.256 e. The number of sulfonamides is 1. The Balaban J connectivity index is 1.61. The van der Waals surface area contributed by atoms with E-state index in [-0.39, 0.29) is 21.9 Å². The summed E-state index contributed by atoms with van der Waals surface area (Å²) in [4.78, 5) is 30.5. The predicted molar refractivity (Wildman–Crippen MR) is 112 cm³/mol. The minimum absolute atomic E-state index is 0.0335. The van der Waals surface area contributed by atoms with Gasteiger partial charge in [-0.25, -0.2) is 8.42 Å². The third kappa shape index (κ3) is 4.13. The number of nitrogens with zero attached hydrogens (tertiary/aromatic N) is 2. The van der Waals surface area contributed by atoms with Crippen LogP contribution in [-0.2, 0) is 14.8 Å². The second-order valence-corrected chi connectivity index (χ2v) is 9.73. The fraction of sp³-hybridized carbons (Fsp3) is 0.500. The molecular formula is C20H26N4O5S. The highest BCUT2D eigenvalue weighted by molar-refractivity contribution is 7.89. The van der Waals surface area contributed by atoms with Gasteiger partial charge in [-0.2, -0.15) is 4.31 Å². The summed E-state index contributed by atoms with van der Waals surface area (Å²) in [5, 5.41) is 2.91. The van der Waals surface area contributed by atoms with Crippen molar-refractivity contribution in [3.05, 3.63) is 40.2 Å². The molecule has 2 N–H and O–H groups in total. The summed E-state index contributed by atoms with van der Waals surface area (Å²) in [7, 11) is -1.76. The lowest BCUT2D eigenvalue weighted by Gasteiger charge is -2.31. The largest absolute Gasteiger partial charge is 0.376 e. The van der Waals surface area contributed by atoms with Crippen LogP contribution >= 0.6 is 0 Å². The van der Waals surface area contributed by atoms with Gasteiger partial charge in [-0.05, 0) is 38.1 Å². The summed E-state index contributed by atoms with van der Waals surface area (Å²) >= 11 is 0. The predicted octanol–water partition coefficient (Wildman–Crippen LogP) is 0.373. The molecule has 0 aliphatic carbocycles. The van der Waals surface area contributed by atoms with E-state index in [9.17, 15) is 18.0 Å². The normalized spacial score (nSPS) is 21.2. The number of aromatic nitrogens is 1. The van der Waals surface area contributed by atoms with Gasteiger partial charge in [0, 0.05) is 56.4 Å². The van der Waals surface area contributed by atoms with E-state index in [1.165, 1.54) is 22.6 Å². The molecule has 162 valence electrons. The minimum Gasteiger partial charge on any atom is -0.376 e. The van der Waals surface area contributed by atoms with E-state index >= 15 is 0 Å². The number of hydrogen-bond donors (Lipinski definition) is 2. The maximum absolute atomic E-state index is 13.0. The van der Waals surface area contributed by atoms with Crippen LogP contribution in [0.25, 0.3) is 10.9 Å². The molecule has 1 amide bonds. The van der Waals surface area contributed by atoms with Crippen LogP contribution in [0.15, 0.2) is 34.1 Å². The van der Waals surface area contributed by atoms with Gasteiger partial charge >= 0.3 is 0 Å². The molecule has 0 saturated carbocycles. The Morgan fingerprint density at radius 1 is 1.27 bits per heavy atom. The molecule has 30 heavy (non-hydrogen) atoms. The van der Waals surface area contributed by atoms with Crippen LogP contribution in [0.5, 0.6) is 0 Å². The molecule has 2 aromatic rings. The second-order valence-electron chi connectivity index (χ2n) is 7.79. The molecule has 1 aromatic carbocycles. The summed E-state index contributed by atoms with van der Waals surface area (Å²) in [6.45, 7) is 3.14. The van der Waals surface area contributed by atoms with Crippen molar-refractivity contribution in [3.8, 4) is 0 Å². The topological polar surface area (TPSA) is 112 Å². The Bertz CT molecular complexity index is 1100. The van der Waals surface area contributed by atoms with Crippen molar-refractivity contribution in [1.29, 1.82) is 0 Å². The lowest BCUT2D eigenvalue weighted by atomic mass is 10.1. The number of likely N-dealkylation sites (N-methyl/N-ethyl adjacent to an activating group) is 1. The van der Waals surface area contributed by atoms with Crippen LogP contribution in [0, 0.1) is 0 Å². The van der Waals surface area contributed by atoms with E-state index in [1.54, 1.807) is 6.07 Å². The molecule has 4 rings (SSSR count). The van der Waals surface area contributed by atoms with Crippen LogP contribution in [0.1, 0.15) is 23.2 Å². The molecule has 10 heteroatoms. The van der Waals surface area contributed by atoms with Crippen LogP contribution in [0.3, 0.4) is 0 Å². The van der Waals surface area contributed by atoms with Gasteiger partial charge in [-0.1, -0.05) is 0 Å². The van der Waals surface area contributed by atoms with Crippen molar-refractivity contribution in [3.63, 3.8) is 0 Å². The Morgan fingerprint density at radius 2 is 2.03 bits per heavy atom. The highest BCUT2D eigenvalue weighted by Gasteiger charge is 2.28. The van der Waals surface area contributed by atoms with Gasteiger partial charge in [0.05, 0.1) is 11.0 Å². The van der Waals surface area contributed by atoms with E-state index in [4.69, 9.17) is 4.74 Å². The number of benzene rings is 1. The van der Waals surface area contributed by atoms with Crippen molar-refractivity contribution in [2.24, 2.45) is 0 Å². The first kappa shape index (κ1) is 21.0. The second kappa shape index (κ2) is 8.46. The number of hydrogen-bond acceptors (Lipinski definition) is 6. The number of ether oxygens (including phenoxy) is 1. The van der Waals surface area contributed by atoms with E-state index in [1.807, 2.05) is 7.05 Å². The number of piperazine rings is 1. The fourth-order valence-electron chi connectivity index (χ4n) is 3.81. The Labute approximate surface area is 175 Å². The first-order chi connectivity index (χ1) is 14.4. The van der Waals surface area contributed by atoms with E-state index in [0.29, 0.717) is 44.8 Å². The van der Waals surface area contributed by atoms with Crippen molar-refractivity contribution < 1.29 is 17.9 Å². The molecule has 2 aliphatic heterocycles. The Kier molecular flexibility index (Phi) is 5.92. The average molecular weight is 435 g/mol. The number of nitrogens with one attached hydrogen (secondary N) is 2. The number of amides is 1. The first-order valence-electron chi connectivity index (χ1n) is 10.1. The summed E-state index contributed by atoms with van der Waals surface area (Å²) in [6.07, 6.45) is 3.17. The smallest absolute Gasteiger partial charge is 0.256 e. The van der Waals surface area contributed by atoms with Gasteiger partial charge in [0.25, 0.3) is 5.91 Å². The van der Waals surface area contributed by atoms with Gasteiger partial charge < -0.3 is 19.9 Å². The molecule has 9 nitrogen and oxygen atoms in total. The van der Waals surface area contributed by atoms with Gasteiger partial charge in [0.2, 0.25) is 15.5 Å². The lowest BCUT2D eigenvalue weighted by molar-refractivity contribution is 0.0857. The molecule has 1 atom stereocenters. The number of pyridine rings is 1. The molecule has 0 spiro atoms. The molecule has 1 aromatic heterocycles. The number of carbonyl (C=O) groups excluding carboxylic acids is 1. The molecule has 3 heterocycles. The van der Waals surface area contributed by atoms with Crippen molar-refractivity contribution in [1.82, 2.24) is 19.5 Å². The van der Waals surface area contributed by atoms with E-state index in [2.05, 4.69) is 15.2 Å². The minimum atomic E-state index is -3.71. The monoisotopic (exact) mass is 434 g/mol. The molecule has 2 saturated heterocycles. The van der Waals surface area contributed by atoms with Crippen molar-refractivity contribution in [2.45, 2.75) is 23.8 Å². The first-order valence-corrected chi connectivity index (χ1v) is 11.5. The highest BCUT2D eigenvalue weighted by atomic mass is 32.2. The number of carbonyl (C=O) groups is 1. The molecule has 2 fully saturated rings. The summed E-state index contributed by atoms with van der Waals surface area (Å²) in [6, 6.07) is 4.41. The average Bonchev–Trinajstić information content (AvgIpc) is 3.26. The molecule has 0 bridgehead atoms. The van der Waals surface area contributed by atoms with Gasteiger partial charge in [-0.15, -0.1) is 0 Å². The zero-order chi connectivity index (χ0) is 21.3. The SMILES string of the molecule is CN1CCN(S(=O)(=O)c2ccc3[nH]cc(C(=O)NCC4CCCO4)c(=O)c3c2)CC1. The van der Waals surface area contributed by atoms with Gasteiger partial charge in [-0.3, -0.25) is 9.59 Å². The Hall–Kier alpha value is -2.27.